The van der Waals surface area contributed by atoms with E-state index in [0.717, 1.165) is 28.0 Å². The van der Waals surface area contributed by atoms with Gasteiger partial charge in [-0.3, -0.25) is 9.64 Å². The Morgan fingerprint density at radius 2 is 1.91 bits per heavy atom. The number of benzene rings is 1. The van der Waals surface area contributed by atoms with E-state index in [2.05, 4.69) is 24.8 Å². The summed E-state index contributed by atoms with van der Waals surface area (Å²) in [4.78, 5) is 16.4. The van der Waals surface area contributed by atoms with Gasteiger partial charge in [0.1, 0.15) is 5.75 Å². The van der Waals surface area contributed by atoms with Gasteiger partial charge < -0.3 is 4.74 Å². The van der Waals surface area contributed by atoms with Gasteiger partial charge in [0.25, 0.3) is 0 Å². The number of nitrogens with zero attached hydrogens (tertiary/aromatic N) is 1. The highest BCUT2D eigenvalue weighted by Gasteiger charge is 2.43. The predicted molar refractivity (Wildman–Crippen MR) is 93.6 cm³/mol. The van der Waals surface area contributed by atoms with E-state index in [4.69, 9.17) is 11.3 Å². The molecule has 2 rings (SSSR count). The first-order valence-corrected chi connectivity index (χ1v) is 7.86. The number of hydrogen-bond acceptors (Lipinski definition) is 2. The van der Waals surface area contributed by atoms with E-state index in [1.165, 1.54) is 0 Å². The molecule has 0 saturated heterocycles. The van der Waals surface area contributed by atoms with Gasteiger partial charge in [-0.05, 0) is 35.7 Å². The lowest BCUT2D eigenvalue weighted by molar-refractivity contribution is -0.125. The van der Waals surface area contributed by atoms with Crippen LogP contribution < -0.4 is 4.74 Å². The lowest BCUT2D eigenvalue weighted by Gasteiger charge is -2.20. The largest absolute Gasteiger partial charge is 0.496 e. The number of allylic oxidation sites excluding steroid dienone is 1. The maximum Gasteiger partial charge on any atom is 0.306 e. The number of rotatable bonds is 3. The second kappa shape index (κ2) is 5.53. The summed E-state index contributed by atoms with van der Waals surface area (Å²) in [6.07, 6.45) is 2.07. The van der Waals surface area contributed by atoms with Crippen LogP contribution >= 0.6 is 0 Å². The highest BCUT2D eigenvalue weighted by atomic mass is 16.5. The van der Waals surface area contributed by atoms with Gasteiger partial charge in [0.2, 0.25) is 5.78 Å². The van der Waals surface area contributed by atoms with Crippen LogP contribution in [0.25, 0.3) is 10.4 Å². The molecule has 3 nitrogen and oxygen atoms in total. The van der Waals surface area contributed by atoms with Crippen molar-refractivity contribution in [3.05, 3.63) is 46.3 Å². The first-order valence-electron chi connectivity index (χ1n) is 7.86. The number of hydrogen-bond donors (Lipinski definition) is 0. The van der Waals surface area contributed by atoms with Gasteiger partial charge in [-0.25, -0.2) is 6.57 Å². The summed E-state index contributed by atoms with van der Waals surface area (Å²) in [5.74, 6) is 0.809. The van der Waals surface area contributed by atoms with Crippen molar-refractivity contribution in [2.45, 2.75) is 53.0 Å². The maximum absolute atomic E-state index is 12.7. The molecule has 1 aromatic rings. The lowest BCUT2D eigenvalue weighted by atomic mass is 9.82. The Morgan fingerprint density at radius 3 is 2.39 bits per heavy atom. The molecule has 1 aliphatic carbocycles. The Bertz CT molecular complexity index is 727. The molecule has 0 heterocycles. The third kappa shape index (κ3) is 2.91. The van der Waals surface area contributed by atoms with Gasteiger partial charge in [0.05, 0.1) is 7.11 Å². The van der Waals surface area contributed by atoms with Crippen LogP contribution in [0.2, 0.25) is 0 Å². The smallest absolute Gasteiger partial charge is 0.306 e. The van der Waals surface area contributed by atoms with Crippen molar-refractivity contribution in [2.24, 2.45) is 5.41 Å². The summed E-state index contributed by atoms with van der Waals surface area (Å²) in [5.41, 5.74) is 3.22. The molecule has 0 radical (unpaired) electrons. The summed E-state index contributed by atoms with van der Waals surface area (Å²) in [6.45, 7) is 19.4. The number of carbonyl (C=O) groups excluding carboxylic acids is 1. The average molecular weight is 311 g/mol. The van der Waals surface area contributed by atoms with Crippen molar-refractivity contribution < 1.29 is 9.53 Å². The predicted octanol–water partition coefficient (Wildman–Crippen LogP) is 4.58. The van der Waals surface area contributed by atoms with Crippen molar-refractivity contribution in [1.29, 1.82) is 0 Å². The number of aryl methyl sites for hydroxylation is 1. The summed E-state index contributed by atoms with van der Waals surface area (Å²) >= 11 is 0. The van der Waals surface area contributed by atoms with E-state index in [-0.39, 0.29) is 11.2 Å². The molecule has 1 aliphatic rings. The molecule has 1 aromatic carbocycles. The molecule has 0 aromatic heterocycles. The number of carbonyl (C=O) groups is 1. The Balaban J connectivity index is 2.62. The van der Waals surface area contributed by atoms with Crippen LogP contribution in [0.5, 0.6) is 5.75 Å². The third-order valence-corrected chi connectivity index (χ3v) is 4.47. The van der Waals surface area contributed by atoms with Crippen molar-refractivity contribution in [3.63, 3.8) is 0 Å². The van der Waals surface area contributed by atoms with Crippen LogP contribution in [0.15, 0.2) is 18.2 Å². The number of fused-ring (bicyclic) bond motifs is 1. The minimum atomic E-state index is -0.747. The Labute approximate surface area is 139 Å². The fraction of sp³-hybridized carbons (Fsp3) is 0.500. The number of methoxy groups -OCH3 is 1. The second-order valence-electron chi connectivity index (χ2n) is 7.83. The van der Waals surface area contributed by atoms with Crippen molar-refractivity contribution in [1.82, 2.24) is 0 Å². The van der Waals surface area contributed by atoms with Gasteiger partial charge in [-0.2, -0.15) is 0 Å². The van der Waals surface area contributed by atoms with Gasteiger partial charge in [0.15, 0.2) is 0 Å². The average Bonchev–Trinajstić information content (AvgIpc) is 2.69. The maximum atomic E-state index is 12.7. The second-order valence-corrected chi connectivity index (χ2v) is 7.83. The first-order chi connectivity index (χ1) is 10.5. The van der Waals surface area contributed by atoms with Crippen molar-refractivity contribution >= 4 is 11.4 Å². The molecule has 23 heavy (non-hydrogen) atoms. The number of ether oxygens (including phenoxy) is 1. The fourth-order valence-corrected chi connectivity index (χ4v) is 3.13. The van der Waals surface area contributed by atoms with E-state index in [9.17, 15) is 4.79 Å². The van der Waals surface area contributed by atoms with Crippen LogP contribution in [0.1, 0.15) is 51.3 Å². The van der Waals surface area contributed by atoms with Crippen molar-refractivity contribution in [2.75, 3.05) is 7.11 Å². The zero-order chi connectivity index (χ0) is 17.6. The van der Waals surface area contributed by atoms with Crippen LogP contribution in [-0.2, 0) is 10.2 Å². The van der Waals surface area contributed by atoms with Gasteiger partial charge in [-0.1, -0.05) is 40.7 Å². The quantitative estimate of drug-likeness (QED) is 0.765. The summed E-state index contributed by atoms with van der Waals surface area (Å²) in [6, 6.07) is 3.34. The molecule has 122 valence electrons. The fourth-order valence-electron chi connectivity index (χ4n) is 3.13. The molecule has 1 unspecified atom stereocenters. The molecule has 0 aliphatic heterocycles. The van der Waals surface area contributed by atoms with Gasteiger partial charge in [-0.15, -0.1) is 0 Å². The minimum absolute atomic E-state index is 0.0316. The summed E-state index contributed by atoms with van der Waals surface area (Å²) < 4.78 is 5.44. The Morgan fingerprint density at radius 1 is 1.30 bits per heavy atom. The van der Waals surface area contributed by atoms with Crippen LogP contribution in [0, 0.1) is 18.9 Å². The molecule has 3 heteroatoms. The highest BCUT2D eigenvalue weighted by Crippen LogP contribution is 2.45. The molecular formula is C20H25NO2. The van der Waals surface area contributed by atoms with E-state index in [1.807, 2.05) is 39.8 Å². The van der Waals surface area contributed by atoms with Gasteiger partial charge in [0, 0.05) is 16.4 Å². The monoisotopic (exact) mass is 311 g/mol. The zero-order valence-electron chi connectivity index (χ0n) is 15.1. The SMILES string of the molecule is [C-]#[N+]C(C(=O)C(C)(C)C)C1=CC(C)(C)c2cc(OC)c(C)cc21. The number of Topliss-reactive ketones (excluding diaryl/α,β-unsaturated/α-hetero) is 1. The number of ketones is 1. The molecule has 0 N–H and O–H groups in total. The summed E-state index contributed by atoms with van der Waals surface area (Å²) in [7, 11) is 1.66. The standard InChI is InChI=1S/C20H25NO2/c1-12-9-13-14(17(21-7)18(22)19(2,3)4)11-20(5,6)15(13)10-16(12)23-8/h9-11,17H,1-6,8H3. The third-order valence-electron chi connectivity index (χ3n) is 4.47. The topological polar surface area (TPSA) is 30.7 Å². The normalized spacial score (nSPS) is 17.0. The van der Waals surface area contributed by atoms with Crippen LogP contribution in [0.4, 0.5) is 0 Å². The van der Waals surface area contributed by atoms with E-state index < -0.39 is 11.5 Å². The van der Waals surface area contributed by atoms with E-state index >= 15 is 0 Å². The van der Waals surface area contributed by atoms with Crippen LogP contribution in [-0.4, -0.2) is 18.9 Å². The molecule has 0 spiro atoms. The minimum Gasteiger partial charge on any atom is -0.496 e. The van der Waals surface area contributed by atoms with E-state index in [1.54, 1.807) is 7.11 Å². The highest BCUT2D eigenvalue weighted by molar-refractivity contribution is 6.03. The zero-order valence-corrected chi connectivity index (χ0v) is 15.1. The Hall–Kier alpha value is -2.08. The summed E-state index contributed by atoms with van der Waals surface area (Å²) in [5, 5.41) is 0. The lowest BCUT2D eigenvalue weighted by Crippen LogP contribution is -2.31. The van der Waals surface area contributed by atoms with E-state index in [0.29, 0.717) is 0 Å². The van der Waals surface area contributed by atoms with Gasteiger partial charge >= 0.3 is 6.04 Å². The molecule has 0 saturated carbocycles. The molecule has 0 amide bonds. The molecule has 1 atom stereocenters. The molecule has 0 bridgehead atoms. The Kier molecular flexibility index (Phi) is 4.15. The van der Waals surface area contributed by atoms with Crippen LogP contribution in [0.3, 0.4) is 0 Å². The first kappa shape index (κ1) is 17.3. The molecule has 0 fully saturated rings. The molecular weight excluding hydrogens is 286 g/mol. The van der Waals surface area contributed by atoms with Crippen molar-refractivity contribution in [3.8, 4) is 5.75 Å².